The molecular weight excluding hydrogens is 282 g/mol. The van der Waals surface area contributed by atoms with Crippen LogP contribution in [0.3, 0.4) is 0 Å². The predicted molar refractivity (Wildman–Crippen MR) is 72.2 cm³/mol. The van der Waals surface area contributed by atoms with E-state index in [1.54, 1.807) is 6.20 Å². The van der Waals surface area contributed by atoms with E-state index >= 15 is 0 Å². The molecule has 0 saturated heterocycles. The number of halogens is 1. The summed E-state index contributed by atoms with van der Waals surface area (Å²) < 4.78 is 0.534. The van der Waals surface area contributed by atoms with Crippen LogP contribution in [-0.4, -0.2) is 16.7 Å². The summed E-state index contributed by atoms with van der Waals surface area (Å²) in [5.41, 5.74) is 0.935. The molecule has 2 N–H and O–H groups in total. The van der Waals surface area contributed by atoms with Crippen LogP contribution in [0.1, 0.15) is 39.0 Å². The van der Waals surface area contributed by atoms with Crippen molar-refractivity contribution in [3.8, 4) is 0 Å². The minimum absolute atomic E-state index is 0.191. The molecule has 0 atom stereocenters. The van der Waals surface area contributed by atoms with Crippen LogP contribution in [0.4, 0.5) is 5.69 Å². The highest BCUT2D eigenvalue weighted by atomic mass is 79.9. The van der Waals surface area contributed by atoms with Gasteiger partial charge in [-0.2, -0.15) is 5.10 Å². The van der Waals surface area contributed by atoms with Crippen molar-refractivity contribution in [1.82, 2.24) is 10.2 Å². The standard InChI is InChI=1S/C12H18BrN3O/c1-12(5-3-2-4-6-12)8-14-9-7-15-16-11(17)10(9)13/h7H,2-6,8H2,1H3,(H2,14,16,17). The predicted octanol–water partition coefficient (Wildman–Crippen LogP) is 2.91. The molecule has 1 aromatic heterocycles. The van der Waals surface area contributed by atoms with E-state index in [0.717, 1.165) is 12.2 Å². The Morgan fingerprint density at radius 1 is 1.47 bits per heavy atom. The van der Waals surface area contributed by atoms with Gasteiger partial charge in [0.1, 0.15) is 4.47 Å². The molecular formula is C12H18BrN3O. The molecule has 1 saturated carbocycles. The summed E-state index contributed by atoms with van der Waals surface area (Å²) in [6.45, 7) is 3.21. The zero-order chi connectivity index (χ0) is 12.3. The number of nitrogens with one attached hydrogen (secondary N) is 2. The lowest BCUT2D eigenvalue weighted by Gasteiger charge is -2.34. The molecule has 0 aliphatic heterocycles. The van der Waals surface area contributed by atoms with Crippen LogP contribution in [0.5, 0.6) is 0 Å². The van der Waals surface area contributed by atoms with E-state index in [0.29, 0.717) is 9.89 Å². The molecule has 0 amide bonds. The highest BCUT2D eigenvalue weighted by Gasteiger charge is 2.26. The molecule has 0 aromatic carbocycles. The molecule has 0 spiro atoms. The van der Waals surface area contributed by atoms with E-state index in [1.807, 2.05) is 0 Å². The molecule has 4 nitrogen and oxygen atoms in total. The maximum atomic E-state index is 11.4. The lowest BCUT2D eigenvalue weighted by molar-refractivity contribution is 0.233. The van der Waals surface area contributed by atoms with Gasteiger partial charge < -0.3 is 5.32 Å². The monoisotopic (exact) mass is 299 g/mol. The molecule has 0 radical (unpaired) electrons. The minimum atomic E-state index is -0.191. The summed E-state index contributed by atoms with van der Waals surface area (Å²) in [7, 11) is 0. The van der Waals surface area contributed by atoms with E-state index in [-0.39, 0.29) is 5.56 Å². The summed E-state index contributed by atoms with van der Waals surface area (Å²) >= 11 is 3.28. The molecule has 1 fully saturated rings. The highest BCUT2D eigenvalue weighted by molar-refractivity contribution is 9.10. The van der Waals surface area contributed by atoms with Crippen molar-refractivity contribution in [2.24, 2.45) is 5.41 Å². The fraction of sp³-hybridized carbons (Fsp3) is 0.667. The van der Waals surface area contributed by atoms with Gasteiger partial charge in [0.2, 0.25) is 0 Å². The first-order valence-corrected chi connectivity index (χ1v) is 6.87. The summed E-state index contributed by atoms with van der Waals surface area (Å²) in [6, 6.07) is 0. The van der Waals surface area contributed by atoms with Gasteiger partial charge in [0.15, 0.2) is 0 Å². The number of aromatic amines is 1. The first kappa shape index (κ1) is 12.6. The number of hydrogen-bond acceptors (Lipinski definition) is 3. The molecule has 2 rings (SSSR count). The second-order valence-corrected chi connectivity index (χ2v) is 5.94. The molecule has 1 aromatic rings. The SMILES string of the molecule is CC1(CNc2cn[nH]c(=O)c2Br)CCCCC1. The van der Waals surface area contributed by atoms with Crippen LogP contribution in [-0.2, 0) is 0 Å². The van der Waals surface area contributed by atoms with Gasteiger partial charge in [-0.05, 0) is 34.2 Å². The smallest absolute Gasteiger partial charge is 0.280 e. The van der Waals surface area contributed by atoms with E-state index in [4.69, 9.17) is 0 Å². The molecule has 5 heteroatoms. The van der Waals surface area contributed by atoms with E-state index in [1.165, 1.54) is 32.1 Å². The third-order valence-electron chi connectivity index (χ3n) is 3.56. The average molecular weight is 300 g/mol. The van der Waals surface area contributed by atoms with Crippen LogP contribution < -0.4 is 10.9 Å². The summed E-state index contributed by atoms with van der Waals surface area (Å²) in [5.74, 6) is 0. The van der Waals surface area contributed by atoms with Gasteiger partial charge in [-0.15, -0.1) is 0 Å². The maximum absolute atomic E-state index is 11.4. The fourth-order valence-corrected chi connectivity index (χ4v) is 2.73. The molecule has 0 unspecified atom stereocenters. The second-order valence-electron chi connectivity index (χ2n) is 5.15. The zero-order valence-corrected chi connectivity index (χ0v) is 11.6. The molecule has 17 heavy (non-hydrogen) atoms. The van der Waals surface area contributed by atoms with E-state index in [9.17, 15) is 4.79 Å². The number of H-pyrrole nitrogens is 1. The topological polar surface area (TPSA) is 57.8 Å². The quantitative estimate of drug-likeness (QED) is 0.902. The Morgan fingerprint density at radius 2 is 2.18 bits per heavy atom. The van der Waals surface area contributed by atoms with Crippen LogP contribution in [0.25, 0.3) is 0 Å². The fourth-order valence-electron chi connectivity index (χ4n) is 2.40. The number of nitrogens with zero attached hydrogens (tertiary/aromatic N) is 1. The van der Waals surface area contributed by atoms with Crippen LogP contribution in [0, 0.1) is 5.41 Å². The maximum Gasteiger partial charge on any atom is 0.280 e. The largest absolute Gasteiger partial charge is 0.382 e. The molecule has 0 bridgehead atoms. The minimum Gasteiger partial charge on any atom is -0.382 e. The lowest BCUT2D eigenvalue weighted by atomic mass is 9.76. The van der Waals surface area contributed by atoms with Crippen molar-refractivity contribution >= 4 is 21.6 Å². The van der Waals surface area contributed by atoms with Crippen LogP contribution in [0.15, 0.2) is 15.5 Å². The Morgan fingerprint density at radius 3 is 2.88 bits per heavy atom. The average Bonchev–Trinajstić information content (AvgIpc) is 2.32. The third-order valence-corrected chi connectivity index (χ3v) is 4.35. The van der Waals surface area contributed by atoms with Crippen molar-refractivity contribution in [3.63, 3.8) is 0 Å². The number of aromatic nitrogens is 2. The normalized spacial score (nSPS) is 18.9. The van der Waals surface area contributed by atoms with Gasteiger partial charge in [0, 0.05) is 6.54 Å². The summed E-state index contributed by atoms with van der Waals surface area (Å²) in [4.78, 5) is 11.4. The van der Waals surface area contributed by atoms with Gasteiger partial charge in [0.05, 0.1) is 11.9 Å². The Balaban J connectivity index is 2.02. The number of anilines is 1. The Labute approximate surface area is 109 Å². The number of rotatable bonds is 3. The van der Waals surface area contributed by atoms with Crippen molar-refractivity contribution < 1.29 is 0 Å². The Bertz CT molecular complexity index is 438. The first-order valence-electron chi connectivity index (χ1n) is 6.08. The van der Waals surface area contributed by atoms with E-state index in [2.05, 4.69) is 38.4 Å². The van der Waals surface area contributed by atoms with Gasteiger partial charge in [-0.25, -0.2) is 5.10 Å². The number of hydrogen-bond donors (Lipinski definition) is 2. The zero-order valence-electron chi connectivity index (χ0n) is 10.1. The van der Waals surface area contributed by atoms with Gasteiger partial charge in [-0.1, -0.05) is 26.2 Å². The molecule has 1 aliphatic rings. The van der Waals surface area contributed by atoms with Crippen LogP contribution >= 0.6 is 15.9 Å². The van der Waals surface area contributed by atoms with Crippen molar-refractivity contribution in [2.75, 3.05) is 11.9 Å². The van der Waals surface area contributed by atoms with Gasteiger partial charge in [-0.3, -0.25) is 4.79 Å². The van der Waals surface area contributed by atoms with Crippen LogP contribution in [0.2, 0.25) is 0 Å². The van der Waals surface area contributed by atoms with Crippen molar-refractivity contribution in [1.29, 1.82) is 0 Å². The second kappa shape index (κ2) is 5.21. The lowest BCUT2D eigenvalue weighted by Crippen LogP contribution is -2.29. The third kappa shape index (κ3) is 3.09. The highest BCUT2D eigenvalue weighted by Crippen LogP contribution is 2.36. The molecule has 1 aliphatic carbocycles. The molecule has 1 heterocycles. The van der Waals surface area contributed by atoms with E-state index < -0.39 is 0 Å². The summed E-state index contributed by atoms with van der Waals surface area (Å²) in [6.07, 6.45) is 8.14. The first-order chi connectivity index (χ1) is 8.11. The Hall–Kier alpha value is -0.840. The van der Waals surface area contributed by atoms with Gasteiger partial charge >= 0.3 is 0 Å². The summed E-state index contributed by atoms with van der Waals surface area (Å²) in [5, 5.41) is 9.53. The Kier molecular flexibility index (Phi) is 3.86. The molecule has 94 valence electrons. The van der Waals surface area contributed by atoms with Gasteiger partial charge in [0.25, 0.3) is 5.56 Å². The van der Waals surface area contributed by atoms with Crippen molar-refractivity contribution in [3.05, 3.63) is 21.0 Å². The van der Waals surface area contributed by atoms with Crippen molar-refractivity contribution in [2.45, 2.75) is 39.0 Å².